The van der Waals surface area contributed by atoms with E-state index in [1.165, 1.54) is 24.8 Å². The molecule has 2 aromatic carbocycles. The summed E-state index contributed by atoms with van der Waals surface area (Å²) in [7, 11) is 0. The van der Waals surface area contributed by atoms with E-state index >= 15 is 0 Å². The first kappa shape index (κ1) is 15.5. The van der Waals surface area contributed by atoms with E-state index in [4.69, 9.17) is 0 Å². The highest BCUT2D eigenvalue weighted by molar-refractivity contribution is 5.82. The van der Waals surface area contributed by atoms with Gasteiger partial charge in [0.25, 0.3) is 0 Å². The molecule has 0 aliphatic rings. The predicted octanol–water partition coefficient (Wildman–Crippen LogP) is 5.24. The van der Waals surface area contributed by atoms with E-state index in [-0.39, 0.29) is 5.43 Å². The first-order valence-electron chi connectivity index (χ1n) is 8.40. The van der Waals surface area contributed by atoms with Crippen molar-refractivity contribution in [2.24, 2.45) is 0 Å². The lowest BCUT2D eigenvalue weighted by atomic mass is 10.0. The number of fused-ring (bicyclic) bond motifs is 1. The third-order valence-corrected chi connectivity index (χ3v) is 4.32. The van der Waals surface area contributed by atoms with Gasteiger partial charge in [0.05, 0.1) is 0 Å². The number of hydrogen-bond acceptors (Lipinski definition) is 1. The Labute approximate surface area is 137 Å². The maximum Gasteiger partial charge on any atom is 0.190 e. The van der Waals surface area contributed by atoms with Crippen LogP contribution in [0.25, 0.3) is 22.2 Å². The van der Waals surface area contributed by atoms with Gasteiger partial charge in [0, 0.05) is 22.7 Å². The van der Waals surface area contributed by atoms with Gasteiger partial charge in [0.15, 0.2) is 5.43 Å². The summed E-state index contributed by atoms with van der Waals surface area (Å²) < 4.78 is 0. The smallest absolute Gasteiger partial charge is 0.190 e. The van der Waals surface area contributed by atoms with E-state index in [0.717, 1.165) is 34.1 Å². The normalized spacial score (nSPS) is 11.0. The Hall–Kier alpha value is -2.35. The maximum atomic E-state index is 12.3. The highest BCUT2D eigenvalue weighted by Crippen LogP contribution is 2.20. The minimum Gasteiger partial charge on any atom is -0.354 e. The minimum absolute atomic E-state index is 0.0736. The second kappa shape index (κ2) is 6.82. The molecule has 0 aliphatic carbocycles. The fourth-order valence-corrected chi connectivity index (χ4v) is 2.95. The Morgan fingerprint density at radius 1 is 0.957 bits per heavy atom. The molecule has 2 heteroatoms. The second-order valence-corrected chi connectivity index (χ2v) is 6.25. The third kappa shape index (κ3) is 3.53. The number of H-pyrrole nitrogens is 1. The minimum atomic E-state index is 0.0736. The zero-order valence-corrected chi connectivity index (χ0v) is 13.9. The van der Waals surface area contributed by atoms with Crippen LogP contribution in [-0.4, -0.2) is 4.98 Å². The lowest BCUT2D eigenvalue weighted by Gasteiger charge is -2.07. The second-order valence-electron chi connectivity index (χ2n) is 6.25. The summed E-state index contributed by atoms with van der Waals surface area (Å²) in [5.74, 6) is 0. The van der Waals surface area contributed by atoms with Gasteiger partial charge < -0.3 is 4.98 Å². The molecule has 23 heavy (non-hydrogen) atoms. The number of unbranched alkanes of at least 4 members (excludes halogenated alkanes) is 2. The summed E-state index contributed by atoms with van der Waals surface area (Å²) in [6.45, 7) is 4.23. The molecule has 3 rings (SSSR count). The van der Waals surface area contributed by atoms with Crippen LogP contribution >= 0.6 is 0 Å². The highest BCUT2D eigenvalue weighted by Gasteiger charge is 2.05. The van der Waals surface area contributed by atoms with Gasteiger partial charge in [0.2, 0.25) is 0 Å². The summed E-state index contributed by atoms with van der Waals surface area (Å²) >= 11 is 0. The van der Waals surface area contributed by atoms with Crippen molar-refractivity contribution in [3.8, 4) is 11.3 Å². The van der Waals surface area contributed by atoms with Crippen LogP contribution in [-0.2, 0) is 6.42 Å². The van der Waals surface area contributed by atoms with Gasteiger partial charge in [-0.1, -0.05) is 55.7 Å². The lowest BCUT2D eigenvalue weighted by molar-refractivity contribution is 0.717. The topological polar surface area (TPSA) is 32.9 Å². The maximum absolute atomic E-state index is 12.3. The van der Waals surface area contributed by atoms with Crippen LogP contribution in [0, 0.1) is 6.92 Å². The summed E-state index contributed by atoms with van der Waals surface area (Å²) in [6.07, 6.45) is 4.89. The molecule has 1 N–H and O–H groups in total. The molecule has 1 heterocycles. The van der Waals surface area contributed by atoms with Gasteiger partial charge in [0.1, 0.15) is 0 Å². The van der Waals surface area contributed by atoms with Crippen molar-refractivity contribution in [3.05, 3.63) is 69.9 Å². The molecular formula is C21H23NO. The van der Waals surface area contributed by atoms with Crippen LogP contribution < -0.4 is 5.43 Å². The fourth-order valence-electron chi connectivity index (χ4n) is 2.95. The predicted molar refractivity (Wildman–Crippen MR) is 98.0 cm³/mol. The number of pyridine rings is 1. The number of hydrogen-bond donors (Lipinski definition) is 1. The highest BCUT2D eigenvalue weighted by atomic mass is 16.1. The summed E-state index contributed by atoms with van der Waals surface area (Å²) in [4.78, 5) is 15.7. The Morgan fingerprint density at radius 2 is 1.74 bits per heavy atom. The fraction of sp³-hybridized carbons (Fsp3) is 0.286. The molecule has 0 bridgehead atoms. The molecule has 0 amide bonds. The standard InChI is InChI=1S/C21H23NO/c1-3-4-5-6-16-8-10-17(11-9-16)20-14-21(23)18-13-15(2)7-12-19(18)22-20/h7-14H,3-6H2,1-2H3,(H,22,23). The quantitative estimate of drug-likeness (QED) is 0.643. The average Bonchev–Trinajstić information content (AvgIpc) is 2.56. The number of aromatic amines is 1. The van der Waals surface area contributed by atoms with Crippen molar-refractivity contribution in [2.45, 2.75) is 39.5 Å². The van der Waals surface area contributed by atoms with Crippen LogP contribution in [0.3, 0.4) is 0 Å². The lowest BCUT2D eigenvalue weighted by Crippen LogP contribution is -2.03. The average molecular weight is 305 g/mol. The third-order valence-electron chi connectivity index (χ3n) is 4.32. The van der Waals surface area contributed by atoms with E-state index in [1.54, 1.807) is 6.07 Å². The van der Waals surface area contributed by atoms with E-state index in [2.05, 4.69) is 36.2 Å². The molecule has 3 aromatic rings. The molecule has 0 atom stereocenters. The van der Waals surface area contributed by atoms with Gasteiger partial charge >= 0.3 is 0 Å². The van der Waals surface area contributed by atoms with Crippen LogP contribution in [0.4, 0.5) is 0 Å². The largest absolute Gasteiger partial charge is 0.354 e. The van der Waals surface area contributed by atoms with E-state index in [0.29, 0.717) is 0 Å². The van der Waals surface area contributed by atoms with Crippen LogP contribution in [0.1, 0.15) is 37.3 Å². The van der Waals surface area contributed by atoms with E-state index in [1.807, 2.05) is 25.1 Å². The zero-order valence-electron chi connectivity index (χ0n) is 13.9. The van der Waals surface area contributed by atoms with Crippen molar-refractivity contribution in [2.75, 3.05) is 0 Å². The monoisotopic (exact) mass is 305 g/mol. The first-order chi connectivity index (χ1) is 11.2. The van der Waals surface area contributed by atoms with Crippen LogP contribution in [0.15, 0.2) is 53.3 Å². The summed E-state index contributed by atoms with van der Waals surface area (Å²) in [6, 6.07) is 16.2. The summed E-state index contributed by atoms with van der Waals surface area (Å²) in [5.41, 5.74) is 5.37. The molecule has 0 aliphatic heterocycles. The Balaban J connectivity index is 1.91. The Morgan fingerprint density at radius 3 is 2.48 bits per heavy atom. The number of aromatic nitrogens is 1. The molecule has 0 fully saturated rings. The van der Waals surface area contributed by atoms with Crippen molar-refractivity contribution >= 4 is 10.9 Å². The molecule has 2 nitrogen and oxygen atoms in total. The van der Waals surface area contributed by atoms with Crippen LogP contribution in [0.5, 0.6) is 0 Å². The number of rotatable bonds is 5. The van der Waals surface area contributed by atoms with Gasteiger partial charge in [-0.05, 0) is 43.0 Å². The van der Waals surface area contributed by atoms with Gasteiger partial charge in [-0.2, -0.15) is 0 Å². The molecule has 1 aromatic heterocycles. The van der Waals surface area contributed by atoms with E-state index < -0.39 is 0 Å². The Bertz CT molecular complexity index is 859. The van der Waals surface area contributed by atoms with Crippen LogP contribution in [0.2, 0.25) is 0 Å². The number of nitrogens with one attached hydrogen (secondary N) is 1. The summed E-state index contributed by atoms with van der Waals surface area (Å²) in [5, 5.41) is 0.755. The van der Waals surface area contributed by atoms with Gasteiger partial charge in [-0.3, -0.25) is 4.79 Å². The Kier molecular flexibility index (Phi) is 4.61. The van der Waals surface area contributed by atoms with Crippen molar-refractivity contribution in [1.29, 1.82) is 0 Å². The molecular weight excluding hydrogens is 282 g/mol. The molecule has 118 valence electrons. The molecule has 0 spiro atoms. The van der Waals surface area contributed by atoms with Gasteiger partial charge in [-0.15, -0.1) is 0 Å². The molecule has 0 radical (unpaired) electrons. The number of aryl methyl sites for hydroxylation is 2. The number of benzene rings is 2. The first-order valence-corrected chi connectivity index (χ1v) is 8.40. The molecule has 0 saturated carbocycles. The van der Waals surface area contributed by atoms with Crippen molar-refractivity contribution < 1.29 is 0 Å². The van der Waals surface area contributed by atoms with Crippen molar-refractivity contribution in [3.63, 3.8) is 0 Å². The van der Waals surface area contributed by atoms with Crippen molar-refractivity contribution in [1.82, 2.24) is 4.98 Å². The zero-order chi connectivity index (χ0) is 16.2. The molecule has 0 unspecified atom stereocenters. The molecule has 0 saturated heterocycles. The SMILES string of the molecule is CCCCCc1ccc(-c2cc(=O)c3cc(C)ccc3[nH]2)cc1. The van der Waals surface area contributed by atoms with E-state index in [9.17, 15) is 4.79 Å². The van der Waals surface area contributed by atoms with Gasteiger partial charge in [-0.25, -0.2) is 0 Å².